The van der Waals surface area contributed by atoms with Gasteiger partial charge in [-0.15, -0.1) is 0 Å². The molecule has 1 aromatic carbocycles. The molecule has 27 heavy (non-hydrogen) atoms. The van der Waals surface area contributed by atoms with Crippen molar-refractivity contribution in [3.63, 3.8) is 0 Å². The molecule has 1 unspecified atom stereocenters. The van der Waals surface area contributed by atoms with Gasteiger partial charge in [-0.05, 0) is 62.1 Å². The number of halogens is 3. The van der Waals surface area contributed by atoms with Gasteiger partial charge in [0.05, 0.1) is 18.0 Å². The van der Waals surface area contributed by atoms with Gasteiger partial charge < -0.3 is 4.74 Å². The van der Waals surface area contributed by atoms with Crippen molar-refractivity contribution in [2.24, 2.45) is 4.99 Å². The molecule has 2 heterocycles. The molecule has 0 N–H and O–H groups in total. The normalized spacial score (nSPS) is 16.8. The zero-order chi connectivity index (χ0) is 19.4. The van der Waals surface area contributed by atoms with Crippen molar-refractivity contribution in [1.82, 2.24) is 10.2 Å². The monoisotopic (exact) mass is 380 g/mol. The van der Waals surface area contributed by atoms with E-state index in [2.05, 4.69) is 15.2 Å². The van der Waals surface area contributed by atoms with E-state index in [-0.39, 0.29) is 0 Å². The average molecular weight is 380 g/mol. The first-order chi connectivity index (χ1) is 12.8. The molecule has 0 bridgehead atoms. The lowest BCUT2D eigenvalue weighted by atomic mass is 10.1. The van der Waals surface area contributed by atoms with Gasteiger partial charge in [0.15, 0.2) is 0 Å². The summed E-state index contributed by atoms with van der Waals surface area (Å²) in [6, 6.07) is 7.15. The van der Waals surface area contributed by atoms with Crippen LogP contribution in [0, 0.1) is 13.8 Å². The van der Waals surface area contributed by atoms with Crippen molar-refractivity contribution in [2.75, 3.05) is 11.7 Å². The summed E-state index contributed by atoms with van der Waals surface area (Å²) in [7, 11) is 0. The van der Waals surface area contributed by atoms with Crippen LogP contribution < -0.4 is 9.80 Å². The van der Waals surface area contributed by atoms with Gasteiger partial charge in [0.2, 0.25) is 0 Å². The van der Waals surface area contributed by atoms with Crippen molar-refractivity contribution in [3.05, 3.63) is 47.3 Å². The van der Waals surface area contributed by atoms with E-state index in [0.29, 0.717) is 18.0 Å². The number of benzene rings is 1. The molecule has 1 aromatic heterocycles. The number of alkyl halides is 3. The highest BCUT2D eigenvalue weighted by Gasteiger charge is 2.44. The van der Waals surface area contributed by atoms with Gasteiger partial charge in [0, 0.05) is 6.20 Å². The number of aliphatic imine (C=N–C) groups is 1. The van der Waals surface area contributed by atoms with Crippen LogP contribution in [0.25, 0.3) is 0 Å². The maximum Gasteiger partial charge on any atom is 0.437 e. The van der Waals surface area contributed by atoms with Crippen molar-refractivity contribution in [2.45, 2.75) is 39.1 Å². The molecule has 0 fully saturated rings. The molecule has 2 aromatic rings. The molecule has 0 saturated carbocycles. The van der Waals surface area contributed by atoms with Crippen LogP contribution in [0.4, 0.5) is 18.9 Å². The predicted octanol–water partition coefficient (Wildman–Crippen LogP) is 3.77. The Labute approximate surface area is 154 Å². The van der Waals surface area contributed by atoms with Crippen LogP contribution in [0.15, 0.2) is 35.5 Å². The number of hydrogen-bond donors (Lipinski definition) is 0. The SMILES string of the molecule is Cc1cc(N2C=NC(C(F)(F)F)O2)cc(C)c1OCCCc1cccnn1. The molecule has 1 atom stereocenters. The summed E-state index contributed by atoms with van der Waals surface area (Å²) in [5.74, 6) is 0.710. The van der Waals surface area contributed by atoms with E-state index in [1.165, 1.54) is 0 Å². The highest BCUT2D eigenvalue weighted by molar-refractivity contribution is 5.79. The second-order valence-electron chi connectivity index (χ2n) is 6.17. The van der Waals surface area contributed by atoms with Gasteiger partial charge >= 0.3 is 6.18 Å². The zero-order valence-corrected chi connectivity index (χ0v) is 14.9. The first-order valence-corrected chi connectivity index (χ1v) is 8.41. The van der Waals surface area contributed by atoms with Gasteiger partial charge in [-0.2, -0.15) is 23.4 Å². The number of rotatable bonds is 6. The standard InChI is InChI=1S/C18H19F3N4O2/c1-12-9-15(25-11-22-17(27-25)18(19,20)21)10-13(2)16(12)26-8-4-6-14-5-3-7-23-24-14/h3,5,7,9-11,17H,4,6,8H2,1-2H3. The highest BCUT2D eigenvalue weighted by atomic mass is 19.4. The van der Waals surface area contributed by atoms with E-state index in [0.717, 1.165) is 41.1 Å². The molecule has 6 nitrogen and oxygen atoms in total. The molecule has 0 saturated heterocycles. The molecule has 0 radical (unpaired) electrons. The predicted molar refractivity (Wildman–Crippen MR) is 93.7 cm³/mol. The van der Waals surface area contributed by atoms with Gasteiger partial charge in [-0.25, -0.2) is 14.9 Å². The molecule has 1 aliphatic rings. The summed E-state index contributed by atoms with van der Waals surface area (Å²) in [4.78, 5) is 8.19. The number of anilines is 1. The van der Waals surface area contributed by atoms with Gasteiger partial charge in [-0.1, -0.05) is 0 Å². The van der Waals surface area contributed by atoms with Crippen LogP contribution in [-0.2, 0) is 11.3 Å². The van der Waals surface area contributed by atoms with Gasteiger partial charge in [-0.3, -0.25) is 0 Å². The summed E-state index contributed by atoms with van der Waals surface area (Å²) >= 11 is 0. The van der Waals surface area contributed by atoms with Crippen LogP contribution >= 0.6 is 0 Å². The van der Waals surface area contributed by atoms with Crippen LogP contribution in [0.5, 0.6) is 5.75 Å². The maximum absolute atomic E-state index is 12.7. The fraction of sp³-hybridized carbons (Fsp3) is 0.389. The van der Waals surface area contributed by atoms with Crippen LogP contribution in [0.2, 0.25) is 0 Å². The zero-order valence-electron chi connectivity index (χ0n) is 14.9. The molecule has 1 aliphatic heterocycles. The number of aromatic nitrogens is 2. The minimum absolute atomic E-state index is 0.465. The molecule has 3 rings (SSSR count). The van der Waals surface area contributed by atoms with Gasteiger partial charge in [0.25, 0.3) is 6.23 Å². The summed E-state index contributed by atoms with van der Waals surface area (Å²) in [6.07, 6.45) is -2.53. The molecule has 0 spiro atoms. The Morgan fingerprint density at radius 3 is 2.56 bits per heavy atom. The molecular formula is C18H19F3N4O2. The Bertz CT molecular complexity index is 789. The Balaban J connectivity index is 1.59. The fourth-order valence-corrected chi connectivity index (χ4v) is 2.73. The summed E-state index contributed by atoms with van der Waals surface area (Å²) in [5, 5.41) is 8.87. The third-order valence-electron chi connectivity index (χ3n) is 3.95. The number of hydroxylamine groups is 1. The number of ether oxygens (including phenoxy) is 1. The Morgan fingerprint density at radius 1 is 1.22 bits per heavy atom. The Hall–Kier alpha value is -2.68. The second-order valence-corrected chi connectivity index (χ2v) is 6.17. The average Bonchev–Trinajstić information content (AvgIpc) is 3.12. The summed E-state index contributed by atoms with van der Waals surface area (Å²) in [5.41, 5.74) is 2.97. The van der Waals surface area contributed by atoms with Crippen LogP contribution in [0.3, 0.4) is 0 Å². The lowest BCUT2D eigenvalue weighted by Gasteiger charge is -2.20. The van der Waals surface area contributed by atoms with Crippen molar-refractivity contribution < 1.29 is 22.7 Å². The summed E-state index contributed by atoms with van der Waals surface area (Å²) in [6.45, 7) is 4.17. The molecule has 0 amide bonds. The molecule has 0 aliphatic carbocycles. The lowest BCUT2D eigenvalue weighted by molar-refractivity contribution is -0.210. The second kappa shape index (κ2) is 7.91. The first-order valence-electron chi connectivity index (χ1n) is 8.41. The quantitative estimate of drug-likeness (QED) is 0.714. The number of nitrogens with zero attached hydrogens (tertiary/aromatic N) is 4. The lowest BCUT2D eigenvalue weighted by Crippen LogP contribution is -2.31. The fourth-order valence-electron chi connectivity index (χ4n) is 2.73. The Kier molecular flexibility index (Phi) is 5.59. The van der Waals surface area contributed by atoms with E-state index >= 15 is 0 Å². The van der Waals surface area contributed by atoms with E-state index in [9.17, 15) is 13.2 Å². The highest BCUT2D eigenvalue weighted by Crippen LogP contribution is 2.33. The minimum Gasteiger partial charge on any atom is -0.493 e. The van der Waals surface area contributed by atoms with E-state index < -0.39 is 12.4 Å². The third-order valence-corrected chi connectivity index (χ3v) is 3.95. The topological polar surface area (TPSA) is 59.8 Å². The van der Waals surface area contributed by atoms with E-state index in [4.69, 9.17) is 9.57 Å². The van der Waals surface area contributed by atoms with Crippen molar-refractivity contribution in [1.29, 1.82) is 0 Å². The molecular weight excluding hydrogens is 361 g/mol. The van der Waals surface area contributed by atoms with Crippen LogP contribution in [-0.4, -0.2) is 35.5 Å². The minimum atomic E-state index is -4.54. The Morgan fingerprint density at radius 2 is 1.96 bits per heavy atom. The third kappa shape index (κ3) is 4.73. The molecule has 144 valence electrons. The molecule has 9 heteroatoms. The van der Waals surface area contributed by atoms with Crippen molar-refractivity contribution in [3.8, 4) is 5.75 Å². The van der Waals surface area contributed by atoms with Crippen LogP contribution in [0.1, 0.15) is 23.2 Å². The van der Waals surface area contributed by atoms with Crippen molar-refractivity contribution >= 4 is 12.0 Å². The first kappa shape index (κ1) is 19.1. The van der Waals surface area contributed by atoms with E-state index in [1.54, 1.807) is 18.3 Å². The number of aryl methyl sites for hydroxylation is 3. The van der Waals surface area contributed by atoms with E-state index in [1.807, 2.05) is 26.0 Å². The number of hydrogen-bond acceptors (Lipinski definition) is 6. The van der Waals surface area contributed by atoms with Gasteiger partial charge in [0.1, 0.15) is 12.1 Å². The largest absolute Gasteiger partial charge is 0.493 e. The summed E-state index contributed by atoms with van der Waals surface area (Å²) < 4.78 is 43.9. The maximum atomic E-state index is 12.7. The smallest absolute Gasteiger partial charge is 0.437 e.